The van der Waals surface area contributed by atoms with Gasteiger partial charge in [-0.3, -0.25) is 0 Å². The van der Waals surface area contributed by atoms with Crippen LogP contribution >= 0.6 is 0 Å². The molecule has 0 saturated carbocycles. The number of hydrogen-bond acceptors (Lipinski definition) is 5. The van der Waals surface area contributed by atoms with Gasteiger partial charge in [0.1, 0.15) is 22.3 Å². The van der Waals surface area contributed by atoms with Gasteiger partial charge >= 0.3 is 0 Å². The molecule has 7 aromatic carbocycles. The molecule has 0 spiro atoms. The summed E-state index contributed by atoms with van der Waals surface area (Å²) in [6, 6.07) is 50.2. The number of allylic oxidation sites excluding steroid dienone is 1. The van der Waals surface area contributed by atoms with Crippen LogP contribution in [0.2, 0.25) is 0 Å². The molecule has 0 bridgehead atoms. The molecule has 0 N–H and O–H groups in total. The van der Waals surface area contributed by atoms with E-state index in [0.29, 0.717) is 17.5 Å². The smallest absolute Gasteiger partial charge is 0.164 e. The van der Waals surface area contributed by atoms with Crippen LogP contribution in [0.4, 0.5) is 0 Å². The summed E-state index contributed by atoms with van der Waals surface area (Å²) in [5.41, 5.74) is 10.8. The average molecular weight is 707 g/mol. The van der Waals surface area contributed by atoms with Crippen molar-refractivity contribution in [3.63, 3.8) is 0 Å². The second-order valence-corrected chi connectivity index (χ2v) is 14.2. The Labute approximate surface area is 314 Å². The first-order valence-electron chi connectivity index (χ1n) is 18.7. The molecule has 0 aliphatic heterocycles. The van der Waals surface area contributed by atoms with Gasteiger partial charge in [0.15, 0.2) is 17.5 Å². The van der Waals surface area contributed by atoms with Crippen molar-refractivity contribution < 1.29 is 8.83 Å². The lowest BCUT2D eigenvalue weighted by Crippen LogP contribution is -2.03. The van der Waals surface area contributed by atoms with Crippen molar-refractivity contribution in [1.82, 2.24) is 19.5 Å². The second kappa shape index (κ2) is 11.6. The molecule has 1 aliphatic rings. The Morgan fingerprint density at radius 2 is 1.09 bits per heavy atom. The minimum Gasteiger partial charge on any atom is -0.456 e. The zero-order valence-electron chi connectivity index (χ0n) is 29.5. The summed E-state index contributed by atoms with van der Waals surface area (Å²) in [7, 11) is 0. The first-order chi connectivity index (χ1) is 27.3. The summed E-state index contributed by atoms with van der Waals surface area (Å²) in [4.78, 5) is 15.8. The summed E-state index contributed by atoms with van der Waals surface area (Å²) >= 11 is 0. The topological polar surface area (TPSA) is 69.9 Å². The van der Waals surface area contributed by atoms with Crippen molar-refractivity contribution in [2.45, 2.75) is 12.8 Å². The van der Waals surface area contributed by atoms with E-state index in [2.05, 4.69) is 102 Å². The molecule has 6 nitrogen and oxygen atoms in total. The number of aryl methyl sites for hydroxylation is 1. The van der Waals surface area contributed by atoms with Crippen LogP contribution in [-0.2, 0) is 6.42 Å². The lowest BCUT2D eigenvalue weighted by atomic mass is 9.97. The van der Waals surface area contributed by atoms with Crippen molar-refractivity contribution in [3.05, 3.63) is 163 Å². The quantitative estimate of drug-likeness (QED) is 0.182. The molecule has 0 atom stereocenters. The predicted octanol–water partition coefficient (Wildman–Crippen LogP) is 12.7. The highest BCUT2D eigenvalue weighted by Crippen LogP contribution is 2.41. The van der Waals surface area contributed by atoms with Gasteiger partial charge in [-0.25, -0.2) is 15.0 Å². The highest BCUT2D eigenvalue weighted by atomic mass is 16.3. The maximum Gasteiger partial charge on any atom is 0.164 e. The molecular formula is C49H30N4O2. The minimum absolute atomic E-state index is 0.575. The molecule has 0 radical (unpaired) electrons. The Bertz CT molecular complexity index is 3270. The number of aromatic nitrogens is 4. The number of para-hydroxylation sites is 2. The Morgan fingerprint density at radius 3 is 1.80 bits per heavy atom. The van der Waals surface area contributed by atoms with Crippen LogP contribution in [0.1, 0.15) is 17.7 Å². The molecule has 0 unspecified atom stereocenters. The Balaban J connectivity index is 1.12. The van der Waals surface area contributed by atoms with Gasteiger partial charge in [0.25, 0.3) is 0 Å². The normalized spacial score (nSPS) is 12.9. The number of rotatable bonds is 4. The number of hydrogen-bond donors (Lipinski definition) is 0. The van der Waals surface area contributed by atoms with E-state index in [4.69, 9.17) is 23.8 Å². The fourth-order valence-corrected chi connectivity index (χ4v) is 8.74. The molecule has 4 aromatic heterocycles. The van der Waals surface area contributed by atoms with Gasteiger partial charge in [-0.2, -0.15) is 0 Å². The van der Waals surface area contributed by atoms with E-state index in [-0.39, 0.29) is 0 Å². The average Bonchev–Trinajstić information content (AvgIpc) is 3.93. The number of benzene rings is 7. The van der Waals surface area contributed by atoms with Crippen molar-refractivity contribution >= 4 is 71.6 Å². The fourth-order valence-electron chi connectivity index (χ4n) is 8.74. The molecule has 6 heteroatoms. The third kappa shape index (κ3) is 4.52. The summed E-state index contributed by atoms with van der Waals surface area (Å²) in [6.07, 6.45) is 6.61. The fraction of sp³-hybridized carbons (Fsp3) is 0.0408. The van der Waals surface area contributed by atoms with Crippen LogP contribution in [0.3, 0.4) is 0 Å². The van der Waals surface area contributed by atoms with Crippen molar-refractivity contribution in [3.8, 4) is 39.9 Å². The van der Waals surface area contributed by atoms with Crippen LogP contribution in [0.5, 0.6) is 0 Å². The van der Waals surface area contributed by atoms with Crippen molar-refractivity contribution in [2.75, 3.05) is 0 Å². The molecule has 0 fully saturated rings. The lowest BCUT2D eigenvalue weighted by molar-refractivity contribution is 0.668. The number of nitrogens with zero attached hydrogens (tertiary/aromatic N) is 4. The Kier molecular flexibility index (Phi) is 6.36. The van der Waals surface area contributed by atoms with E-state index < -0.39 is 0 Å². The zero-order valence-corrected chi connectivity index (χ0v) is 29.5. The standard InChI is InChI=1S/C49H30N4O2/c1-2-15-32-29(12-1)26-27-39-44(32)33-16-3-6-21-38(33)53(39)31-14-9-13-30(28-31)47-50-48(36-19-10-24-42-45(36)34-17-4-7-22-40(34)54-42)52-49(51-47)37-20-11-25-43-46(37)35-18-5-8-23-41(35)55-43/h1-2,4-15,17-28H,3,16H2. The molecule has 12 rings (SSSR count). The molecule has 0 saturated heterocycles. The highest BCUT2D eigenvalue weighted by molar-refractivity contribution is 6.14. The van der Waals surface area contributed by atoms with Crippen molar-refractivity contribution in [1.29, 1.82) is 0 Å². The first kappa shape index (κ1) is 30.2. The van der Waals surface area contributed by atoms with Crippen LogP contribution < -0.4 is 0 Å². The van der Waals surface area contributed by atoms with E-state index in [1.807, 2.05) is 60.7 Å². The predicted molar refractivity (Wildman–Crippen MR) is 222 cm³/mol. The summed E-state index contributed by atoms with van der Waals surface area (Å²) in [5, 5.41) is 7.86. The van der Waals surface area contributed by atoms with E-state index in [9.17, 15) is 0 Å². The summed E-state index contributed by atoms with van der Waals surface area (Å²) < 4.78 is 15.0. The summed E-state index contributed by atoms with van der Waals surface area (Å²) in [5.74, 6) is 1.74. The number of furan rings is 2. The zero-order chi connectivity index (χ0) is 36.0. The van der Waals surface area contributed by atoms with Gasteiger partial charge in [-0.1, -0.05) is 109 Å². The number of fused-ring (bicyclic) bond motifs is 11. The van der Waals surface area contributed by atoms with Crippen LogP contribution in [-0.4, -0.2) is 19.5 Å². The summed E-state index contributed by atoms with van der Waals surface area (Å²) in [6.45, 7) is 0. The largest absolute Gasteiger partial charge is 0.456 e. The van der Waals surface area contributed by atoms with Crippen LogP contribution in [0, 0.1) is 0 Å². The van der Waals surface area contributed by atoms with Crippen LogP contribution in [0.15, 0.2) is 161 Å². The maximum atomic E-state index is 6.31. The van der Waals surface area contributed by atoms with Gasteiger partial charge in [0.05, 0.1) is 5.52 Å². The molecule has 0 amide bonds. The molecular weight excluding hydrogens is 677 g/mol. The third-order valence-corrected chi connectivity index (χ3v) is 11.1. The minimum atomic E-state index is 0.575. The SMILES string of the molecule is C1=Cc2c(c3c4ccccc4ccc3n2-c2cccc(-c3nc(-c4cccc5oc6ccccc6c45)nc(-c4cccc5oc6ccccc6c45)n3)c2)CC1. The van der Waals surface area contributed by atoms with E-state index in [0.717, 1.165) is 79.1 Å². The third-order valence-electron chi connectivity index (χ3n) is 11.1. The van der Waals surface area contributed by atoms with E-state index in [1.54, 1.807) is 0 Å². The van der Waals surface area contributed by atoms with E-state index in [1.165, 1.54) is 32.9 Å². The van der Waals surface area contributed by atoms with Crippen molar-refractivity contribution in [2.24, 2.45) is 0 Å². The molecule has 55 heavy (non-hydrogen) atoms. The second-order valence-electron chi connectivity index (χ2n) is 14.2. The van der Waals surface area contributed by atoms with E-state index >= 15 is 0 Å². The van der Waals surface area contributed by atoms with Gasteiger partial charge in [-0.05, 0) is 77.7 Å². The molecule has 1 aliphatic carbocycles. The lowest BCUT2D eigenvalue weighted by Gasteiger charge is -2.14. The van der Waals surface area contributed by atoms with Gasteiger partial charge in [0.2, 0.25) is 0 Å². The molecule has 11 aromatic rings. The van der Waals surface area contributed by atoms with Gasteiger partial charge < -0.3 is 13.4 Å². The monoisotopic (exact) mass is 706 g/mol. The Hall–Kier alpha value is -7.31. The maximum absolute atomic E-state index is 6.31. The first-order valence-corrected chi connectivity index (χ1v) is 18.7. The highest BCUT2D eigenvalue weighted by Gasteiger charge is 2.23. The Morgan fingerprint density at radius 1 is 0.491 bits per heavy atom. The van der Waals surface area contributed by atoms with Gasteiger partial charge in [0, 0.05) is 55.0 Å². The molecule has 258 valence electrons. The van der Waals surface area contributed by atoms with Crippen LogP contribution in [0.25, 0.3) is 111 Å². The van der Waals surface area contributed by atoms with Gasteiger partial charge in [-0.15, -0.1) is 0 Å². The molecule has 4 heterocycles.